The highest BCUT2D eigenvalue weighted by Gasteiger charge is 2.35. The molecule has 4 heteroatoms. The van der Waals surface area contributed by atoms with Crippen molar-refractivity contribution in [2.24, 2.45) is 5.92 Å². The van der Waals surface area contributed by atoms with Crippen molar-refractivity contribution in [1.82, 2.24) is 10.3 Å². The number of thiazole rings is 1. The van der Waals surface area contributed by atoms with Gasteiger partial charge >= 0.3 is 0 Å². The van der Waals surface area contributed by atoms with Gasteiger partial charge in [-0.2, -0.15) is 0 Å². The first kappa shape index (κ1) is 11.9. The average molecular weight is 239 g/mol. The van der Waals surface area contributed by atoms with Gasteiger partial charge in [0, 0.05) is 37.8 Å². The minimum absolute atomic E-state index is 0.768. The molecular weight excluding hydrogens is 218 g/mol. The van der Waals surface area contributed by atoms with Gasteiger partial charge < -0.3 is 10.2 Å². The Morgan fingerprint density at radius 1 is 1.56 bits per heavy atom. The predicted molar refractivity (Wildman–Crippen MR) is 70.1 cm³/mol. The first-order valence-corrected chi connectivity index (χ1v) is 6.87. The van der Waals surface area contributed by atoms with Gasteiger partial charge in [0.05, 0.1) is 0 Å². The third-order valence-electron chi connectivity index (χ3n) is 3.04. The highest BCUT2D eigenvalue weighted by Crippen LogP contribution is 2.35. The Morgan fingerprint density at radius 3 is 3.00 bits per heavy atom. The molecule has 1 aliphatic rings. The predicted octanol–water partition coefficient (Wildman–Crippen LogP) is 2.49. The second-order valence-electron chi connectivity index (χ2n) is 4.78. The van der Waals surface area contributed by atoms with E-state index in [1.807, 2.05) is 20.3 Å². The smallest absolute Gasteiger partial charge is 0.185 e. The zero-order chi connectivity index (χ0) is 11.5. The number of anilines is 1. The summed E-state index contributed by atoms with van der Waals surface area (Å²) in [5.41, 5.74) is 0. The molecule has 16 heavy (non-hydrogen) atoms. The summed E-state index contributed by atoms with van der Waals surface area (Å²) in [6.07, 6.45) is 6.05. The number of hydrogen-bond donors (Lipinski definition) is 1. The van der Waals surface area contributed by atoms with E-state index in [2.05, 4.69) is 22.1 Å². The molecule has 0 spiro atoms. The monoisotopic (exact) mass is 239 g/mol. The fourth-order valence-corrected chi connectivity index (χ4v) is 2.79. The van der Waals surface area contributed by atoms with Crippen LogP contribution in [0, 0.1) is 5.92 Å². The van der Waals surface area contributed by atoms with Crippen LogP contribution in [0.15, 0.2) is 6.20 Å². The molecule has 1 fully saturated rings. The highest BCUT2D eigenvalue weighted by atomic mass is 32.1. The molecule has 0 bridgehead atoms. The Kier molecular flexibility index (Phi) is 3.82. The maximum Gasteiger partial charge on any atom is 0.185 e. The first-order valence-electron chi connectivity index (χ1n) is 6.06. The summed E-state index contributed by atoms with van der Waals surface area (Å²) in [6.45, 7) is 3.25. The van der Waals surface area contributed by atoms with Crippen molar-refractivity contribution >= 4 is 16.5 Å². The maximum absolute atomic E-state index is 4.37. The molecule has 1 aromatic heterocycles. The van der Waals surface area contributed by atoms with Gasteiger partial charge in [0.15, 0.2) is 5.13 Å². The molecule has 1 heterocycles. The molecule has 1 aromatic rings. The van der Waals surface area contributed by atoms with Gasteiger partial charge in [-0.15, -0.1) is 11.3 Å². The van der Waals surface area contributed by atoms with Crippen LogP contribution < -0.4 is 10.2 Å². The maximum atomic E-state index is 4.37. The second-order valence-corrected chi connectivity index (χ2v) is 5.87. The van der Waals surface area contributed by atoms with E-state index in [1.165, 1.54) is 24.1 Å². The van der Waals surface area contributed by atoms with E-state index in [9.17, 15) is 0 Å². The Balaban J connectivity index is 1.74. The topological polar surface area (TPSA) is 28.2 Å². The minimum Gasteiger partial charge on any atom is -0.354 e. The van der Waals surface area contributed by atoms with E-state index in [0.717, 1.165) is 23.6 Å². The lowest BCUT2D eigenvalue weighted by molar-refractivity contribution is 0.602. The molecule has 1 saturated carbocycles. The highest BCUT2D eigenvalue weighted by molar-refractivity contribution is 7.15. The van der Waals surface area contributed by atoms with E-state index in [-0.39, 0.29) is 0 Å². The number of nitrogens with one attached hydrogen (secondary N) is 1. The lowest BCUT2D eigenvalue weighted by atomic mass is 10.2. The van der Waals surface area contributed by atoms with Crippen molar-refractivity contribution in [3.63, 3.8) is 0 Å². The molecule has 0 amide bonds. The zero-order valence-corrected chi connectivity index (χ0v) is 11.2. The van der Waals surface area contributed by atoms with E-state index in [1.54, 1.807) is 11.3 Å². The molecule has 0 radical (unpaired) electrons. The van der Waals surface area contributed by atoms with Gasteiger partial charge in [0.25, 0.3) is 0 Å². The van der Waals surface area contributed by atoms with Gasteiger partial charge in [-0.25, -0.2) is 4.98 Å². The van der Waals surface area contributed by atoms with Crippen molar-refractivity contribution in [3.05, 3.63) is 11.1 Å². The molecule has 2 atom stereocenters. The molecule has 0 aromatic carbocycles. The summed E-state index contributed by atoms with van der Waals surface area (Å²) in [5, 5.41) is 4.71. The van der Waals surface area contributed by atoms with Gasteiger partial charge in [0.1, 0.15) is 0 Å². The third kappa shape index (κ3) is 2.95. The molecule has 1 N–H and O–H groups in total. The number of nitrogens with zero attached hydrogens (tertiary/aromatic N) is 2. The van der Waals surface area contributed by atoms with Crippen LogP contribution in [0.1, 0.15) is 31.1 Å². The van der Waals surface area contributed by atoms with Gasteiger partial charge in [0.2, 0.25) is 0 Å². The van der Waals surface area contributed by atoms with Crippen LogP contribution in [0.4, 0.5) is 5.13 Å². The molecule has 0 aliphatic heterocycles. The number of aromatic nitrogens is 1. The SMILES string of the molecule is CCCC1CC1NCc1cnc(N(C)C)s1. The molecule has 0 saturated heterocycles. The fraction of sp³-hybridized carbons (Fsp3) is 0.750. The lowest BCUT2D eigenvalue weighted by Crippen LogP contribution is -2.16. The van der Waals surface area contributed by atoms with Crippen molar-refractivity contribution in [1.29, 1.82) is 0 Å². The fourth-order valence-electron chi connectivity index (χ4n) is 2.00. The first-order chi connectivity index (χ1) is 7.70. The lowest BCUT2D eigenvalue weighted by Gasteiger charge is -2.05. The third-order valence-corrected chi connectivity index (χ3v) is 4.21. The van der Waals surface area contributed by atoms with E-state index in [4.69, 9.17) is 0 Å². The zero-order valence-electron chi connectivity index (χ0n) is 10.4. The van der Waals surface area contributed by atoms with Crippen molar-refractivity contribution in [2.45, 2.75) is 38.8 Å². The van der Waals surface area contributed by atoms with E-state index >= 15 is 0 Å². The molecule has 3 nitrogen and oxygen atoms in total. The summed E-state index contributed by atoms with van der Waals surface area (Å²) in [4.78, 5) is 7.77. The number of hydrogen-bond acceptors (Lipinski definition) is 4. The minimum atomic E-state index is 0.768. The summed E-state index contributed by atoms with van der Waals surface area (Å²) >= 11 is 1.78. The molecule has 1 aliphatic carbocycles. The van der Waals surface area contributed by atoms with E-state index in [0.29, 0.717) is 0 Å². The second kappa shape index (κ2) is 5.15. The van der Waals surface area contributed by atoms with Gasteiger partial charge in [-0.3, -0.25) is 0 Å². The van der Waals surface area contributed by atoms with Crippen molar-refractivity contribution in [3.8, 4) is 0 Å². The van der Waals surface area contributed by atoms with Crippen LogP contribution in [-0.2, 0) is 6.54 Å². The molecule has 2 unspecified atom stereocenters. The summed E-state index contributed by atoms with van der Waals surface area (Å²) in [5.74, 6) is 0.936. The summed E-state index contributed by atoms with van der Waals surface area (Å²) < 4.78 is 0. The van der Waals surface area contributed by atoms with E-state index < -0.39 is 0 Å². The van der Waals surface area contributed by atoms with Gasteiger partial charge in [-0.05, 0) is 18.8 Å². The van der Waals surface area contributed by atoms with Crippen LogP contribution in [0.3, 0.4) is 0 Å². The van der Waals surface area contributed by atoms with Crippen LogP contribution in [0.25, 0.3) is 0 Å². The van der Waals surface area contributed by atoms with Crippen LogP contribution in [0.2, 0.25) is 0 Å². The molecule has 90 valence electrons. The Morgan fingerprint density at radius 2 is 2.38 bits per heavy atom. The Labute approximate surface area is 102 Å². The van der Waals surface area contributed by atoms with Crippen molar-refractivity contribution < 1.29 is 0 Å². The van der Waals surface area contributed by atoms with Crippen LogP contribution in [0.5, 0.6) is 0 Å². The largest absolute Gasteiger partial charge is 0.354 e. The number of rotatable bonds is 6. The summed E-state index contributed by atoms with van der Waals surface area (Å²) in [6, 6.07) is 0.768. The van der Waals surface area contributed by atoms with Crippen LogP contribution in [-0.4, -0.2) is 25.1 Å². The van der Waals surface area contributed by atoms with Gasteiger partial charge in [-0.1, -0.05) is 13.3 Å². The van der Waals surface area contributed by atoms with Crippen molar-refractivity contribution in [2.75, 3.05) is 19.0 Å². The van der Waals surface area contributed by atoms with Crippen LogP contribution >= 0.6 is 11.3 Å². The standard InChI is InChI=1S/C12H21N3S/c1-4-5-9-6-11(9)13-7-10-8-14-12(16-10)15(2)3/h8-9,11,13H,4-7H2,1-3H3. The quantitative estimate of drug-likeness (QED) is 0.826. The summed E-state index contributed by atoms with van der Waals surface area (Å²) in [7, 11) is 4.07. The molecular formula is C12H21N3S. The Hall–Kier alpha value is -0.610. The molecule has 2 rings (SSSR count). The Bertz CT molecular complexity index is 335. The normalized spacial score (nSPS) is 23.4. The average Bonchev–Trinajstić information content (AvgIpc) is 2.80.